The van der Waals surface area contributed by atoms with E-state index in [0.717, 1.165) is 89.9 Å². The number of imide groups is 1. The number of benzene rings is 2. The Bertz CT molecular complexity index is 3170. The third-order valence-corrected chi connectivity index (χ3v) is 15.4. The van der Waals surface area contributed by atoms with Crippen LogP contribution >= 0.6 is 0 Å². The fraction of sp³-hybridized carbons (Fsp3) is 0.548. The normalized spacial score (nSPS) is 16.7. The molecule has 2 aromatic carbocycles. The highest BCUT2D eigenvalue weighted by Crippen LogP contribution is 2.17. The Hall–Kier alpha value is -9.84. The Labute approximate surface area is 537 Å². The number of aromatic carboxylic acids is 1. The van der Waals surface area contributed by atoms with Gasteiger partial charge in [0.05, 0.1) is 29.6 Å². The summed E-state index contributed by atoms with van der Waals surface area (Å²) in [6.07, 6.45) is 18.4. The first-order chi connectivity index (χ1) is 44.8. The molecule has 5 heterocycles. The molecule has 9 N–H and O–H groups in total. The van der Waals surface area contributed by atoms with Crippen molar-refractivity contribution in [3.05, 3.63) is 72.1 Å². The quantitative estimate of drug-likeness (QED) is 0.0102. The SMILES string of the molecule is CC1NC(=O)NC1CCCCCC(=O)NCCCCCC(=O)CCCN=C([O-])Nc1c[n+](-c2ccc(C(=O)ON3C(=O)CCC3=O)cc2)no1.CC1NC(=O)NC1CCCCCC(=O)NCCCCCC(=O)CCCNC(=O)Nc1c[n+](-c2ccc(C(=O)[O-])cc2)no1. The molecule has 4 aromatic rings. The second-order valence-corrected chi connectivity index (χ2v) is 22.9. The molecule has 3 aliphatic heterocycles. The summed E-state index contributed by atoms with van der Waals surface area (Å²) in [4.78, 5) is 138. The molecule has 7 rings (SSSR count). The van der Waals surface area contributed by atoms with Gasteiger partial charge >= 0.3 is 35.8 Å². The number of carboxylic acids is 1. The standard InChI is InChI=1S/C33H44N8O9.C29H41N7O7/c1-22-26(37-33(48)36-22)11-5-2-6-12-27(43)34-19-7-3-4-9-25(42)10-8-20-35-32(47)38-28-21-40(39-49-28)24-15-13-23(14-16-24)31(46)50-41-29(44)17-18-30(41)45;1-20-24(33-29(42)32-20)11-5-2-6-12-25(38)30-17-7-3-4-9-23(37)10-8-18-31-28(41)34-26-19-36(35-43-26)22-15-13-21(14-16-22)27(39)40/h13-16,21-22,26H,2-12,17-20H2,1H3,(H4-,34,35,36,37,38,39,43,47,48);13-16,19-20,24H,2-12,17-18H2,1H3,(H5-,30,31,32,33,34,35,38,39,40,41,42). The molecule has 0 spiro atoms. The van der Waals surface area contributed by atoms with E-state index in [1.54, 1.807) is 0 Å². The second-order valence-electron chi connectivity index (χ2n) is 22.9. The lowest BCUT2D eigenvalue weighted by molar-refractivity contribution is -0.670. The van der Waals surface area contributed by atoms with Crippen LogP contribution in [0.5, 0.6) is 0 Å². The van der Waals surface area contributed by atoms with Crippen molar-refractivity contribution in [1.29, 1.82) is 0 Å². The number of carbonyl (C=O) groups excluding carboxylic acids is 11. The fourth-order valence-electron chi connectivity index (χ4n) is 10.1. The van der Waals surface area contributed by atoms with Crippen LogP contribution in [0.1, 0.15) is 189 Å². The van der Waals surface area contributed by atoms with Crippen molar-refractivity contribution >= 4 is 83.0 Å². The van der Waals surface area contributed by atoms with E-state index in [-0.39, 0.29) is 102 Å². The summed E-state index contributed by atoms with van der Waals surface area (Å²) in [5.74, 6) is -2.86. The van der Waals surface area contributed by atoms with Gasteiger partial charge in [-0.2, -0.15) is 0 Å². The molecular weight excluding hydrogens is 1210 g/mol. The number of hydrogen-bond donors (Lipinski definition) is 9. The molecule has 2 aromatic heterocycles. The zero-order valence-corrected chi connectivity index (χ0v) is 52.6. The van der Waals surface area contributed by atoms with Gasteiger partial charge in [0.2, 0.25) is 33.7 Å². The van der Waals surface area contributed by atoms with Crippen LogP contribution in [-0.4, -0.2) is 137 Å². The van der Waals surface area contributed by atoms with Crippen molar-refractivity contribution in [3.8, 4) is 11.4 Å². The maximum Gasteiger partial charge on any atom is 0.363 e. The zero-order chi connectivity index (χ0) is 66.9. The first-order valence-electron chi connectivity index (χ1n) is 31.8. The number of Topliss-reactive ketones (excluding diaryl/α,β-unsaturated/α-hetero) is 2. The molecule has 4 atom stereocenters. The number of amidine groups is 1. The van der Waals surface area contributed by atoms with Crippen LogP contribution in [-0.2, 0) is 33.6 Å². The maximum atomic E-state index is 12.3. The largest absolute Gasteiger partial charge is 0.846 e. The van der Waals surface area contributed by atoms with Gasteiger partial charge in [-0.1, -0.05) is 38.5 Å². The van der Waals surface area contributed by atoms with E-state index in [1.165, 1.54) is 70.3 Å². The summed E-state index contributed by atoms with van der Waals surface area (Å²) in [5, 5.41) is 56.1. The average Bonchev–Trinajstić information content (AvgIpc) is 1.86. The highest BCUT2D eigenvalue weighted by Gasteiger charge is 2.34. The Kier molecular flexibility index (Phi) is 30.1. The lowest BCUT2D eigenvalue weighted by atomic mass is 10.0. The van der Waals surface area contributed by atoms with Crippen molar-refractivity contribution in [2.75, 3.05) is 36.8 Å². The van der Waals surface area contributed by atoms with Gasteiger partial charge < -0.3 is 62.4 Å². The number of aliphatic imine (C=N–C) groups is 1. The van der Waals surface area contributed by atoms with Gasteiger partial charge in [0.15, 0.2) is 0 Å². The molecule has 10 amide bonds. The average molecular weight is 1300 g/mol. The van der Waals surface area contributed by atoms with E-state index in [9.17, 15) is 63.0 Å². The van der Waals surface area contributed by atoms with Gasteiger partial charge in [0.1, 0.15) is 11.6 Å². The first kappa shape index (κ1) is 72.2. The number of amides is 10. The number of hydroxylamine groups is 2. The summed E-state index contributed by atoms with van der Waals surface area (Å²) in [7, 11) is 0. The molecule has 3 saturated heterocycles. The number of anilines is 2. The van der Waals surface area contributed by atoms with Gasteiger partial charge in [-0.3, -0.25) is 48.1 Å². The summed E-state index contributed by atoms with van der Waals surface area (Å²) in [5.41, 5.74) is 1.17. The van der Waals surface area contributed by atoms with Crippen molar-refractivity contribution < 1.29 is 86.2 Å². The van der Waals surface area contributed by atoms with Crippen LogP contribution in [0.3, 0.4) is 0 Å². The zero-order valence-electron chi connectivity index (χ0n) is 52.6. The Balaban J connectivity index is 0.000000299. The maximum absolute atomic E-state index is 12.3. The molecule has 0 aliphatic carbocycles. The molecule has 0 bridgehead atoms. The molecule has 3 aliphatic rings. The number of unbranched alkanes of at least 4 members (excludes halogenated alkanes) is 8. The lowest BCUT2D eigenvalue weighted by Gasteiger charge is -2.13. The smallest absolute Gasteiger partial charge is 0.363 e. The van der Waals surface area contributed by atoms with Crippen LogP contribution in [0.4, 0.5) is 26.2 Å². The number of rotatable bonds is 39. The molecule has 31 nitrogen and oxygen atoms in total. The second kappa shape index (κ2) is 38.8. The molecule has 93 heavy (non-hydrogen) atoms. The number of aromatic nitrogens is 4. The molecular formula is C62H85N15O16. The molecule has 31 heteroatoms. The van der Waals surface area contributed by atoms with Gasteiger partial charge in [-0.15, -0.1) is 5.06 Å². The number of urea groups is 3. The van der Waals surface area contributed by atoms with E-state index < -0.39 is 35.8 Å². The third kappa shape index (κ3) is 26.5. The predicted octanol–water partition coefficient (Wildman–Crippen LogP) is 2.83. The molecule has 504 valence electrons. The number of carboxylic acid groups (broad SMARTS) is 1. The molecule has 0 saturated carbocycles. The Morgan fingerprint density at radius 1 is 0.548 bits per heavy atom. The van der Waals surface area contributed by atoms with Gasteiger partial charge in [-0.05, 0) is 117 Å². The van der Waals surface area contributed by atoms with Crippen LogP contribution in [0.25, 0.3) is 11.4 Å². The molecule has 4 unspecified atom stereocenters. The van der Waals surface area contributed by atoms with E-state index in [2.05, 4.69) is 63.4 Å². The van der Waals surface area contributed by atoms with Crippen LogP contribution in [0, 0.1) is 0 Å². The van der Waals surface area contributed by atoms with E-state index in [1.807, 2.05) is 13.8 Å². The van der Waals surface area contributed by atoms with Crippen LogP contribution in [0.2, 0.25) is 0 Å². The minimum Gasteiger partial charge on any atom is -0.846 e. The van der Waals surface area contributed by atoms with Gasteiger partial charge in [0.25, 0.3) is 24.2 Å². The predicted molar refractivity (Wildman–Crippen MR) is 327 cm³/mol. The number of hydrogen-bond acceptors (Lipinski definition) is 19. The highest BCUT2D eigenvalue weighted by atomic mass is 16.7. The van der Waals surface area contributed by atoms with Crippen molar-refractivity contribution in [2.45, 2.75) is 192 Å². The highest BCUT2D eigenvalue weighted by molar-refractivity contribution is 6.02. The van der Waals surface area contributed by atoms with E-state index in [4.69, 9.17) is 13.9 Å². The number of carbonyl (C=O) groups is 11. The minimum absolute atomic E-state index is 0.00236. The Morgan fingerprint density at radius 2 is 0.989 bits per heavy atom. The molecule has 0 radical (unpaired) electrons. The third-order valence-electron chi connectivity index (χ3n) is 15.4. The van der Waals surface area contributed by atoms with Crippen molar-refractivity contribution in [3.63, 3.8) is 0 Å². The Morgan fingerprint density at radius 3 is 1.47 bits per heavy atom. The summed E-state index contributed by atoms with van der Waals surface area (Å²) in [6.45, 7) is 5.63. The minimum atomic E-state index is -1.28. The fourth-order valence-corrected chi connectivity index (χ4v) is 10.1. The number of nitrogens with one attached hydrogen (secondary N) is 9. The van der Waals surface area contributed by atoms with Crippen LogP contribution < -0.4 is 67.4 Å². The summed E-state index contributed by atoms with van der Waals surface area (Å²) in [6, 6.07) is 10.9. The van der Waals surface area contributed by atoms with Gasteiger partial charge in [0, 0.05) is 114 Å². The van der Waals surface area contributed by atoms with Crippen molar-refractivity contribution in [2.24, 2.45) is 4.99 Å². The summed E-state index contributed by atoms with van der Waals surface area (Å²) < 4.78 is 12.8. The molecule has 3 fully saturated rings. The topological polar surface area (TPSA) is 427 Å². The lowest BCUT2D eigenvalue weighted by Crippen LogP contribution is -2.33. The monoisotopic (exact) mass is 1300 g/mol. The van der Waals surface area contributed by atoms with E-state index in [0.29, 0.717) is 87.4 Å². The first-order valence-corrected chi connectivity index (χ1v) is 31.8. The van der Waals surface area contributed by atoms with Crippen LogP contribution in [0.15, 0.2) is 75.0 Å². The summed E-state index contributed by atoms with van der Waals surface area (Å²) >= 11 is 0. The van der Waals surface area contributed by atoms with Crippen molar-refractivity contribution in [1.82, 2.24) is 52.8 Å². The number of ketones is 2. The van der Waals surface area contributed by atoms with E-state index >= 15 is 0 Å². The van der Waals surface area contributed by atoms with Gasteiger partial charge in [-0.25, -0.2) is 19.2 Å². The number of nitrogens with zero attached hydrogens (tertiary/aromatic N) is 6.